The van der Waals surface area contributed by atoms with Crippen molar-refractivity contribution in [3.63, 3.8) is 0 Å². The fraction of sp³-hybridized carbons (Fsp3) is 0.533. The topological polar surface area (TPSA) is 122 Å². The van der Waals surface area contributed by atoms with Crippen LogP contribution in [0.25, 0.3) is 11.2 Å². The third kappa shape index (κ3) is 3.51. The van der Waals surface area contributed by atoms with Gasteiger partial charge in [0.1, 0.15) is 5.52 Å². The molecular formula is C15H18ClN5O4. The molecule has 0 amide bonds. The number of nitrogens with zero attached hydrogens (tertiary/aromatic N) is 4. The van der Waals surface area contributed by atoms with E-state index >= 15 is 0 Å². The summed E-state index contributed by atoms with van der Waals surface area (Å²) in [6, 6.07) is -0.0183. The Morgan fingerprint density at radius 3 is 2.64 bits per heavy atom. The zero-order valence-corrected chi connectivity index (χ0v) is 14.6. The highest BCUT2D eigenvalue weighted by atomic mass is 35.5. The molecule has 1 saturated carbocycles. The predicted molar refractivity (Wildman–Crippen MR) is 88.6 cm³/mol. The van der Waals surface area contributed by atoms with E-state index in [9.17, 15) is 9.59 Å². The smallest absolute Gasteiger partial charge is 0.302 e. The second kappa shape index (κ2) is 6.83. The Bertz CT molecular complexity index is 824. The SMILES string of the molecule is CC(=O)OC[C@H]1C[C@@H](n2cnc3c(Cl)nc(N)nc32)[C@@H]1COC(C)=O. The highest BCUT2D eigenvalue weighted by molar-refractivity contribution is 6.33. The average molecular weight is 368 g/mol. The lowest BCUT2D eigenvalue weighted by atomic mass is 9.69. The van der Waals surface area contributed by atoms with Gasteiger partial charge >= 0.3 is 11.9 Å². The number of halogens is 1. The first-order valence-corrected chi connectivity index (χ1v) is 8.17. The Morgan fingerprint density at radius 1 is 1.28 bits per heavy atom. The van der Waals surface area contributed by atoms with Crippen molar-refractivity contribution in [1.82, 2.24) is 19.5 Å². The first-order chi connectivity index (χ1) is 11.9. The number of anilines is 1. The number of ether oxygens (including phenoxy) is 2. The van der Waals surface area contributed by atoms with Crippen LogP contribution in [0.4, 0.5) is 5.95 Å². The molecule has 2 heterocycles. The van der Waals surface area contributed by atoms with Crippen molar-refractivity contribution >= 4 is 40.7 Å². The van der Waals surface area contributed by atoms with Gasteiger partial charge in [0.15, 0.2) is 10.8 Å². The van der Waals surface area contributed by atoms with E-state index in [4.69, 9.17) is 26.8 Å². The van der Waals surface area contributed by atoms with E-state index in [1.807, 2.05) is 4.57 Å². The molecule has 1 fully saturated rings. The lowest BCUT2D eigenvalue weighted by Gasteiger charge is -2.44. The van der Waals surface area contributed by atoms with E-state index in [-0.39, 0.29) is 54.1 Å². The summed E-state index contributed by atoms with van der Waals surface area (Å²) in [5.41, 5.74) is 6.67. The van der Waals surface area contributed by atoms with Gasteiger partial charge in [-0.1, -0.05) is 11.6 Å². The van der Waals surface area contributed by atoms with Crippen LogP contribution in [0.3, 0.4) is 0 Å². The molecule has 0 spiro atoms. The van der Waals surface area contributed by atoms with E-state index in [1.165, 1.54) is 13.8 Å². The fourth-order valence-corrected chi connectivity index (χ4v) is 3.34. The first-order valence-electron chi connectivity index (χ1n) is 7.79. The lowest BCUT2D eigenvalue weighted by molar-refractivity contribution is -0.152. The maximum absolute atomic E-state index is 11.2. The molecule has 0 aliphatic heterocycles. The zero-order chi connectivity index (χ0) is 18.1. The van der Waals surface area contributed by atoms with Crippen LogP contribution in [-0.2, 0) is 19.1 Å². The van der Waals surface area contributed by atoms with Crippen molar-refractivity contribution in [2.75, 3.05) is 18.9 Å². The van der Waals surface area contributed by atoms with E-state index in [2.05, 4.69) is 15.0 Å². The summed E-state index contributed by atoms with van der Waals surface area (Å²) in [4.78, 5) is 34.6. The summed E-state index contributed by atoms with van der Waals surface area (Å²) in [6.07, 6.45) is 2.35. The molecule has 2 N–H and O–H groups in total. The molecule has 0 aromatic carbocycles. The molecule has 0 unspecified atom stereocenters. The van der Waals surface area contributed by atoms with Gasteiger partial charge in [-0.05, 0) is 6.42 Å². The van der Waals surface area contributed by atoms with Crippen molar-refractivity contribution in [3.8, 4) is 0 Å². The molecule has 0 bridgehead atoms. The molecule has 2 aromatic heterocycles. The number of carbonyl (C=O) groups is 2. The van der Waals surface area contributed by atoms with E-state index in [0.29, 0.717) is 11.2 Å². The number of esters is 2. The molecule has 2 aromatic rings. The van der Waals surface area contributed by atoms with Crippen molar-refractivity contribution < 1.29 is 19.1 Å². The number of hydrogen-bond acceptors (Lipinski definition) is 8. The minimum Gasteiger partial charge on any atom is -0.466 e. The number of imidazole rings is 1. The van der Waals surface area contributed by atoms with Crippen LogP contribution >= 0.6 is 11.6 Å². The Hall–Kier alpha value is -2.42. The highest BCUT2D eigenvalue weighted by Gasteiger charge is 2.44. The Kier molecular flexibility index (Phi) is 4.76. The summed E-state index contributed by atoms with van der Waals surface area (Å²) in [5.74, 6) is -0.584. The van der Waals surface area contributed by atoms with Crippen LogP contribution in [0.15, 0.2) is 6.33 Å². The Balaban J connectivity index is 1.85. The summed E-state index contributed by atoms with van der Waals surface area (Å²) < 4.78 is 12.1. The van der Waals surface area contributed by atoms with Crippen LogP contribution in [0.2, 0.25) is 5.15 Å². The van der Waals surface area contributed by atoms with E-state index in [1.54, 1.807) is 6.33 Å². The van der Waals surface area contributed by atoms with Crippen LogP contribution in [0, 0.1) is 11.8 Å². The molecular weight excluding hydrogens is 350 g/mol. The van der Waals surface area contributed by atoms with Gasteiger partial charge in [0.2, 0.25) is 5.95 Å². The number of rotatable bonds is 5. The molecule has 25 heavy (non-hydrogen) atoms. The van der Waals surface area contributed by atoms with Gasteiger partial charge in [-0.15, -0.1) is 0 Å². The summed E-state index contributed by atoms with van der Waals surface area (Å²) >= 11 is 6.06. The third-order valence-electron chi connectivity index (χ3n) is 4.38. The Morgan fingerprint density at radius 2 is 1.96 bits per heavy atom. The molecule has 0 radical (unpaired) electrons. The molecule has 3 atom stereocenters. The van der Waals surface area contributed by atoms with Gasteiger partial charge in [0.25, 0.3) is 0 Å². The largest absolute Gasteiger partial charge is 0.466 e. The number of carbonyl (C=O) groups excluding carboxylic acids is 2. The third-order valence-corrected chi connectivity index (χ3v) is 4.64. The van der Waals surface area contributed by atoms with Crippen molar-refractivity contribution in [1.29, 1.82) is 0 Å². The number of nitrogen functional groups attached to an aromatic ring is 1. The maximum Gasteiger partial charge on any atom is 0.302 e. The fourth-order valence-electron chi connectivity index (χ4n) is 3.12. The number of nitrogens with two attached hydrogens (primary N) is 1. The quantitative estimate of drug-likeness (QED) is 0.620. The summed E-state index contributed by atoms with van der Waals surface area (Å²) in [5, 5.41) is 0.188. The molecule has 134 valence electrons. The normalized spacial score (nSPS) is 22.4. The van der Waals surface area contributed by atoms with Crippen molar-refractivity contribution in [2.24, 2.45) is 11.8 Å². The van der Waals surface area contributed by atoms with Crippen LogP contribution in [-0.4, -0.2) is 44.7 Å². The van der Waals surface area contributed by atoms with Gasteiger partial charge in [0, 0.05) is 31.7 Å². The number of hydrogen-bond donors (Lipinski definition) is 1. The minimum absolute atomic E-state index is 0.0183. The van der Waals surface area contributed by atoms with Crippen molar-refractivity contribution in [2.45, 2.75) is 26.3 Å². The molecule has 3 rings (SSSR count). The Labute approximate surface area is 148 Å². The molecule has 10 heteroatoms. The minimum atomic E-state index is -0.359. The molecule has 9 nitrogen and oxygen atoms in total. The van der Waals surface area contributed by atoms with Gasteiger partial charge in [-0.2, -0.15) is 9.97 Å². The standard InChI is InChI=1S/C15H18ClN5O4/c1-7(22)24-4-9-3-11(10(9)5-25-8(2)23)21-6-18-12-13(16)19-15(17)20-14(12)21/h6,9-11H,3-5H2,1-2H3,(H2,17,19,20)/t9-,10-,11-/m1/s1. The molecule has 1 aliphatic rings. The van der Waals surface area contributed by atoms with Crippen molar-refractivity contribution in [3.05, 3.63) is 11.5 Å². The number of aromatic nitrogens is 4. The monoisotopic (exact) mass is 367 g/mol. The second-order valence-electron chi connectivity index (χ2n) is 6.03. The second-order valence-corrected chi connectivity index (χ2v) is 6.39. The van der Waals surface area contributed by atoms with Gasteiger partial charge in [-0.3, -0.25) is 9.59 Å². The zero-order valence-electron chi connectivity index (χ0n) is 13.8. The predicted octanol–water partition coefficient (Wildman–Crippen LogP) is 1.37. The summed E-state index contributed by atoms with van der Waals surface area (Å²) in [6.45, 7) is 3.22. The van der Waals surface area contributed by atoms with E-state index < -0.39 is 0 Å². The summed E-state index contributed by atoms with van der Waals surface area (Å²) in [7, 11) is 0. The number of fused-ring (bicyclic) bond motifs is 1. The van der Waals surface area contributed by atoms with E-state index in [0.717, 1.165) is 6.42 Å². The van der Waals surface area contributed by atoms with Crippen LogP contribution in [0.1, 0.15) is 26.3 Å². The first kappa shape index (κ1) is 17.4. The lowest BCUT2D eigenvalue weighted by Crippen LogP contribution is -2.44. The van der Waals surface area contributed by atoms with Gasteiger partial charge < -0.3 is 19.8 Å². The van der Waals surface area contributed by atoms with Gasteiger partial charge in [0.05, 0.1) is 19.5 Å². The van der Waals surface area contributed by atoms with Crippen LogP contribution < -0.4 is 5.73 Å². The average Bonchev–Trinajstić information content (AvgIpc) is 2.89. The highest BCUT2D eigenvalue weighted by Crippen LogP contribution is 2.45. The molecule has 0 saturated heterocycles. The molecule has 1 aliphatic carbocycles. The van der Waals surface area contributed by atoms with Crippen LogP contribution in [0.5, 0.6) is 0 Å². The maximum atomic E-state index is 11.2. The van der Waals surface area contributed by atoms with Gasteiger partial charge in [-0.25, -0.2) is 4.98 Å².